The van der Waals surface area contributed by atoms with Crippen molar-refractivity contribution in [2.24, 2.45) is 0 Å². The maximum absolute atomic E-state index is 12.4. The molecule has 0 aliphatic rings. The maximum Gasteiger partial charge on any atom is 0.269 e. The van der Waals surface area contributed by atoms with E-state index in [1.807, 2.05) is 19.1 Å². The number of nitrogens with zero attached hydrogens (tertiary/aromatic N) is 1. The monoisotopic (exact) mass is 394 g/mol. The summed E-state index contributed by atoms with van der Waals surface area (Å²) in [7, 11) is -4.00. The summed E-state index contributed by atoms with van der Waals surface area (Å²) in [6.07, 6.45) is 0.849. The van der Waals surface area contributed by atoms with Crippen molar-refractivity contribution in [3.05, 3.63) is 46.8 Å². The zero-order valence-electron chi connectivity index (χ0n) is 15.5. The van der Waals surface area contributed by atoms with Crippen molar-refractivity contribution in [3.63, 3.8) is 0 Å². The summed E-state index contributed by atoms with van der Waals surface area (Å²) in [5.74, 6) is -1.10. The van der Waals surface area contributed by atoms with Gasteiger partial charge in [-0.2, -0.15) is 4.72 Å². The number of amides is 2. The van der Waals surface area contributed by atoms with Crippen molar-refractivity contribution < 1.29 is 22.5 Å². The molecule has 9 nitrogen and oxygen atoms in total. The first kappa shape index (κ1) is 20.6. The number of benzene rings is 1. The highest BCUT2D eigenvalue weighted by Gasteiger charge is 2.28. The molecular weight excluding hydrogens is 372 g/mol. The lowest BCUT2D eigenvalue weighted by molar-refractivity contribution is -0.123. The number of carbonyl (C=O) groups is 2. The highest BCUT2D eigenvalue weighted by molar-refractivity contribution is 7.89. The van der Waals surface area contributed by atoms with Crippen LogP contribution >= 0.6 is 0 Å². The Labute approximate surface area is 157 Å². The molecular formula is C17H22N4O5S. The van der Waals surface area contributed by atoms with Gasteiger partial charge in [-0.05, 0) is 44.9 Å². The SMILES string of the molecule is CCc1ccc(C(=O)NNC(=O)[C@H](C)NS(=O)(=O)c2c(C)noc2C)cc1. The fourth-order valence-electron chi connectivity index (χ4n) is 2.39. The molecule has 1 aromatic heterocycles. The van der Waals surface area contributed by atoms with Crippen molar-refractivity contribution in [2.75, 3.05) is 0 Å². The standard InChI is InChI=1S/C17H22N4O5S/c1-5-13-6-8-14(9-7-13)17(23)19-18-16(22)11(3)21-27(24,25)15-10(2)20-26-12(15)4/h6-9,11,21H,5H2,1-4H3,(H,18,22)(H,19,23)/t11-/m0/s1. The number of hydrazine groups is 1. The van der Waals surface area contributed by atoms with Gasteiger partial charge >= 0.3 is 0 Å². The minimum atomic E-state index is -4.00. The van der Waals surface area contributed by atoms with Crippen molar-refractivity contribution >= 4 is 21.8 Å². The Kier molecular flexibility index (Phi) is 6.34. The van der Waals surface area contributed by atoms with Crippen molar-refractivity contribution in [2.45, 2.75) is 45.1 Å². The van der Waals surface area contributed by atoms with Crippen LogP contribution in [0.1, 0.15) is 41.2 Å². The molecule has 3 N–H and O–H groups in total. The van der Waals surface area contributed by atoms with Crippen LogP contribution in [0.5, 0.6) is 0 Å². The highest BCUT2D eigenvalue weighted by atomic mass is 32.2. The van der Waals surface area contributed by atoms with E-state index in [-0.39, 0.29) is 16.3 Å². The van der Waals surface area contributed by atoms with Gasteiger partial charge in [-0.15, -0.1) is 0 Å². The summed E-state index contributed by atoms with van der Waals surface area (Å²) < 4.78 is 31.9. The Hall–Kier alpha value is -2.72. The van der Waals surface area contributed by atoms with Crippen LogP contribution in [0, 0.1) is 13.8 Å². The molecule has 2 aromatic rings. The third-order valence-corrected chi connectivity index (χ3v) is 5.67. The molecule has 27 heavy (non-hydrogen) atoms. The number of carbonyl (C=O) groups excluding carboxylic acids is 2. The molecule has 0 aliphatic heterocycles. The molecule has 0 unspecified atom stereocenters. The predicted octanol–water partition coefficient (Wildman–Crippen LogP) is 0.982. The second kappa shape index (κ2) is 8.31. The van der Waals surface area contributed by atoms with E-state index >= 15 is 0 Å². The van der Waals surface area contributed by atoms with Gasteiger partial charge in [-0.1, -0.05) is 24.2 Å². The summed E-state index contributed by atoms with van der Waals surface area (Å²) in [5, 5.41) is 3.59. The van der Waals surface area contributed by atoms with Crippen LogP contribution in [0.4, 0.5) is 0 Å². The van der Waals surface area contributed by atoms with E-state index in [1.54, 1.807) is 12.1 Å². The van der Waals surface area contributed by atoms with Gasteiger partial charge in [0, 0.05) is 5.56 Å². The van der Waals surface area contributed by atoms with Crippen LogP contribution in [0.2, 0.25) is 0 Å². The Morgan fingerprint density at radius 2 is 1.78 bits per heavy atom. The van der Waals surface area contributed by atoms with E-state index in [9.17, 15) is 18.0 Å². The largest absolute Gasteiger partial charge is 0.360 e. The fraction of sp³-hybridized carbons (Fsp3) is 0.353. The Balaban J connectivity index is 1.96. The topological polar surface area (TPSA) is 130 Å². The van der Waals surface area contributed by atoms with Gasteiger partial charge in [-0.3, -0.25) is 20.4 Å². The van der Waals surface area contributed by atoms with Gasteiger partial charge < -0.3 is 4.52 Å². The first-order valence-electron chi connectivity index (χ1n) is 8.30. The summed E-state index contributed by atoms with van der Waals surface area (Å²) in [4.78, 5) is 24.0. The number of hydrogen-bond donors (Lipinski definition) is 3. The van der Waals surface area contributed by atoms with E-state index in [1.165, 1.54) is 20.8 Å². The molecule has 146 valence electrons. The van der Waals surface area contributed by atoms with Crippen molar-refractivity contribution in [1.82, 2.24) is 20.7 Å². The van der Waals surface area contributed by atoms with Gasteiger partial charge in [0.1, 0.15) is 10.6 Å². The zero-order chi connectivity index (χ0) is 20.2. The van der Waals surface area contributed by atoms with E-state index in [0.717, 1.165) is 12.0 Å². The minimum absolute atomic E-state index is 0.109. The number of sulfonamides is 1. The molecule has 2 rings (SSSR count). The van der Waals surface area contributed by atoms with Gasteiger partial charge in [0.15, 0.2) is 5.76 Å². The number of hydrogen-bond acceptors (Lipinski definition) is 6. The quantitative estimate of drug-likeness (QED) is 0.626. The molecule has 0 spiro atoms. The Morgan fingerprint density at radius 3 is 2.30 bits per heavy atom. The number of nitrogens with one attached hydrogen (secondary N) is 3. The van der Waals surface area contributed by atoms with Crippen LogP contribution < -0.4 is 15.6 Å². The first-order valence-corrected chi connectivity index (χ1v) is 9.78. The normalized spacial score (nSPS) is 12.4. The van der Waals surface area contributed by atoms with Crippen LogP contribution in [-0.2, 0) is 21.2 Å². The zero-order valence-corrected chi connectivity index (χ0v) is 16.3. The van der Waals surface area contributed by atoms with E-state index in [4.69, 9.17) is 4.52 Å². The second-order valence-corrected chi connectivity index (χ2v) is 7.64. The van der Waals surface area contributed by atoms with Crippen LogP contribution in [0.15, 0.2) is 33.7 Å². The van der Waals surface area contributed by atoms with Gasteiger partial charge in [0.05, 0.1) is 6.04 Å². The van der Waals surface area contributed by atoms with Gasteiger partial charge in [0.2, 0.25) is 10.0 Å². The van der Waals surface area contributed by atoms with Crippen LogP contribution in [0.25, 0.3) is 0 Å². The third-order valence-electron chi connectivity index (χ3n) is 3.89. The molecule has 1 atom stereocenters. The summed E-state index contributed by atoms with van der Waals surface area (Å²) in [5.41, 5.74) is 6.10. The van der Waals surface area contributed by atoms with Crippen LogP contribution in [0.3, 0.4) is 0 Å². The molecule has 2 amide bonds. The summed E-state index contributed by atoms with van der Waals surface area (Å²) in [6.45, 7) is 6.30. The Morgan fingerprint density at radius 1 is 1.15 bits per heavy atom. The van der Waals surface area contributed by atoms with E-state index < -0.39 is 27.9 Å². The predicted molar refractivity (Wildman–Crippen MR) is 97.2 cm³/mol. The lowest BCUT2D eigenvalue weighted by Gasteiger charge is -2.15. The molecule has 0 radical (unpaired) electrons. The average molecular weight is 394 g/mol. The van der Waals surface area contributed by atoms with Crippen molar-refractivity contribution in [1.29, 1.82) is 0 Å². The minimum Gasteiger partial charge on any atom is -0.360 e. The lowest BCUT2D eigenvalue weighted by atomic mass is 10.1. The lowest BCUT2D eigenvalue weighted by Crippen LogP contribution is -2.51. The van der Waals surface area contributed by atoms with E-state index in [2.05, 4.69) is 20.7 Å². The molecule has 0 saturated heterocycles. The summed E-state index contributed by atoms with van der Waals surface area (Å²) >= 11 is 0. The average Bonchev–Trinajstić information content (AvgIpc) is 2.98. The third kappa shape index (κ3) is 4.92. The molecule has 0 bridgehead atoms. The number of aryl methyl sites for hydroxylation is 3. The molecule has 0 saturated carbocycles. The van der Waals surface area contributed by atoms with Crippen molar-refractivity contribution in [3.8, 4) is 0 Å². The maximum atomic E-state index is 12.4. The molecule has 10 heteroatoms. The first-order chi connectivity index (χ1) is 12.7. The second-order valence-electron chi connectivity index (χ2n) is 5.99. The molecule has 1 heterocycles. The molecule has 0 fully saturated rings. The Bertz CT molecular complexity index is 915. The van der Waals surface area contributed by atoms with Gasteiger partial charge in [0.25, 0.3) is 11.8 Å². The smallest absolute Gasteiger partial charge is 0.269 e. The molecule has 1 aromatic carbocycles. The number of rotatable bonds is 6. The van der Waals surface area contributed by atoms with E-state index in [0.29, 0.717) is 5.56 Å². The fourth-order valence-corrected chi connectivity index (χ4v) is 3.93. The highest BCUT2D eigenvalue weighted by Crippen LogP contribution is 2.18. The van der Waals surface area contributed by atoms with Gasteiger partial charge in [-0.25, -0.2) is 8.42 Å². The summed E-state index contributed by atoms with van der Waals surface area (Å²) in [6, 6.07) is 5.79. The molecule has 0 aliphatic carbocycles. The van der Waals surface area contributed by atoms with Crippen LogP contribution in [-0.4, -0.2) is 31.4 Å². The number of aromatic nitrogens is 1.